The Morgan fingerprint density at radius 3 is 2.58 bits per heavy atom. The van der Waals surface area contributed by atoms with E-state index in [0.717, 1.165) is 31.4 Å². The molecule has 11 heteroatoms. The minimum Gasteiger partial charge on any atom is -0.447 e. The number of aromatic nitrogens is 2. The topological polar surface area (TPSA) is 79.7 Å². The number of ether oxygens (including phenoxy) is 1. The molecule has 3 heterocycles. The number of rotatable bonds is 2. The van der Waals surface area contributed by atoms with Gasteiger partial charge in [0, 0.05) is 17.8 Å². The molecule has 0 unspecified atom stereocenters. The summed E-state index contributed by atoms with van der Waals surface area (Å²) in [6, 6.07) is 0.527. The van der Waals surface area contributed by atoms with Crippen molar-refractivity contribution in [2.24, 2.45) is 0 Å². The number of anilines is 2. The average molecular weight is 435 g/mol. The Morgan fingerprint density at radius 2 is 1.90 bits per heavy atom. The zero-order valence-electron chi connectivity index (χ0n) is 16.6. The van der Waals surface area contributed by atoms with Crippen molar-refractivity contribution in [2.75, 3.05) is 16.8 Å². The fourth-order valence-electron chi connectivity index (χ4n) is 4.76. The second-order valence-corrected chi connectivity index (χ2v) is 8.09. The van der Waals surface area contributed by atoms with Crippen LogP contribution in [-0.4, -0.2) is 45.5 Å². The SMILES string of the molecule is C[C@H]1COC(=O)N1c1cnn2c1CN(C(=O)Nc1cc(F)c(F)c(F)c1)[C@H]1CCC[C@H]12. The van der Waals surface area contributed by atoms with Gasteiger partial charge in [0.15, 0.2) is 17.5 Å². The maximum absolute atomic E-state index is 13.6. The summed E-state index contributed by atoms with van der Waals surface area (Å²) >= 11 is 0. The highest BCUT2D eigenvalue weighted by molar-refractivity contribution is 5.92. The molecule has 0 radical (unpaired) electrons. The van der Waals surface area contributed by atoms with Crippen LogP contribution < -0.4 is 10.2 Å². The number of halogens is 3. The van der Waals surface area contributed by atoms with Gasteiger partial charge >= 0.3 is 12.1 Å². The largest absolute Gasteiger partial charge is 0.447 e. The third-order valence-electron chi connectivity index (χ3n) is 6.20. The lowest BCUT2D eigenvalue weighted by Gasteiger charge is -2.39. The molecule has 1 aromatic heterocycles. The van der Waals surface area contributed by atoms with E-state index < -0.39 is 29.6 Å². The van der Waals surface area contributed by atoms with E-state index in [0.29, 0.717) is 11.4 Å². The quantitative estimate of drug-likeness (QED) is 0.728. The molecule has 3 amide bonds. The number of hydrogen-bond donors (Lipinski definition) is 1. The van der Waals surface area contributed by atoms with Crippen LogP contribution in [0.25, 0.3) is 0 Å². The van der Waals surface area contributed by atoms with Crippen molar-refractivity contribution in [3.63, 3.8) is 0 Å². The van der Waals surface area contributed by atoms with E-state index in [4.69, 9.17) is 4.74 Å². The molecule has 2 fully saturated rings. The predicted octanol–water partition coefficient (Wildman–Crippen LogP) is 3.79. The molecule has 5 rings (SSSR count). The van der Waals surface area contributed by atoms with Crippen molar-refractivity contribution in [1.82, 2.24) is 14.7 Å². The van der Waals surface area contributed by atoms with Gasteiger partial charge in [-0.3, -0.25) is 9.58 Å². The Morgan fingerprint density at radius 1 is 1.19 bits per heavy atom. The maximum Gasteiger partial charge on any atom is 0.414 e. The maximum atomic E-state index is 13.6. The van der Waals surface area contributed by atoms with E-state index in [9.17, 15) is 22.8 Å². The Kier molecular flexibility index (Phi) is 4.56. The summed E-state index contributed by atoms with van der Waals surface area (Å²) in [5.74, 6) is -4.35. The molecule has 8 nitrogen and oxygen atoms in total. The molecular weight excluding hydrogens is 415 g/mol. The van der Waals surface area contributed by atoms with E-state index in [1.54, 1.807) is 11.1 Å². The first-order chi connectivity index (χ1) is 14.8. The summed E-state index contributed by atoms with van der Waals surface area (Å²) in [5.41, 5.74) is 1.10. The molecule has 1 aliphatic carbocycles. The first kappa shape index (κ1) is 19.7. The van der Waals surface area contributed by atoms with Gasteiger partial charge < -0.3 is 15.0 Å². The standard InChI is InChI=1S/C20H20F3N5O3/c1-10-9-31-20(30)27(10)16-7-24-28-15-4-2-3-14(15)26(8-17(16)28)19(29)25-11-5-12(21)18(23)13(22)6-11/h5-7,10,14-15H,2-4,8-9H2,1H3,(H,25,29)/t10-,14-,15+/m0/s1. The van der Waals surface area contributed by atoms with E-state index in [1.165, 1.54) is 4.90 Å². The van der Waals surface area contributed by atoms with Crippen molar-refractivity contribution in [1.29, 1.82) is 0 Å². The second-order valence-electron chi connectivity index (χ2n) is 8.09. The second kappa shape index (κ2) is 7.17. The Labute approximate surface area is 175 Å². The van der Waals surface area contributed by atoms with Gasteiger partial charge in [-0.2, -0.15) is 5.10 Å². The van der Waals surface area contributed by atoms with E-state index in [2.05, 4.69) is 10.4 Å². The number of fused-ring (bicyclic) bond motifs is 3. The zero-order valence-corrected chi connectivity index (χ0v) is 16.6. The number of nitrogens with one attached hydrogen (secondary N) is 1. The number of carbonyl (C=O) groups is 2. The first-order valence-corrected chi connectivity index (χ1v) is 10.1. The monoisotopic (exact) mass is 435 g/mol. The Balaban J connectivity index is 1.46. The lowest BCUT2D eigenvalue weighted by Crippen LogP contribution is -2.49. The highest BCUT2D eigenvalue weighted by Gasteiger charge is 2.44. The number of nitrogens with zero attached hydrogens (tertiary/aromatic N) is 4. The molecule has 1 saturated carbocycles. The van der Waals surface area contributed by atoms with Crippen molar-refractivity contribution in [3.05, 3.63) is 41.5 Å². The molecule has 3 aliphatic rings. The number of hydrogen-bond acceptors (Lipinski definition) is 4. The van der Waals surface area contributed by atoms with Gasteiger partial charge in [0.25, 0.3) is 0 Å². The van der Waals surface area contributed by atoms with Crippen LogP contribution >= 0.6 is 0 Å². The molecule has 2 aromatic rings. The van der Waals surface area contributed by atoms with Crippen LogP contribution in [0.1, 0.15) is 37.9 Å². The molecule has 1 aromatic carbocycles. The lowest BCUT2D eigenvalue weighted by atomic mass is 10.1. The minimum atomic E-state index is -1.59. The minimum absolute atomic E-state index is 0.0705. The van der Waals surface area contributed by atoms with Crippen molar-refractivity contribution in [3.8, 4) is 0 Å². The van der Waals surface area contributed by atoms with Gasteiger partial charge in [0.1, 0.15) is 6.61 Å². The molecule has 0 bridgehead atoms. The van der Waals surface area contributed by atoms with Crippen LogP contribution in [0.3, 0.4) is 0 Å². The van der Waals surface area contributed by atoms with E-state index >= 15 is 0 Å². The molecule has 164 valence electrons. The summed E-state index contributed by atoms with van der Waals surface area (Å²) in [5, 5.41) is 6.96. The first-order valence-electron chi connectivity index (χ1n) is 10.1. The van der Waals surface area contributed by atoms with Crippen LogP contribution in [-0.2, 0) is 11.3 Å². The van der Waals surface area contributed by atoms with Gasteiger partial charge in [-0.25, -0.2) is 22.8 Å². The molecular formula is C20H20F3N5O3. The molecule has 3 atom stereocenters. The molecule has 2 aliphatic heterocycles. The summed E-state index contributed by atoms with van der Waals surface area (Å²) < 4.78 is 47.3. The van der Waals surface area contributed by atoms with Crippen molar-refractivity contribution in [2.45, 2.75) is 50.9 Å². The molecule has 31 heavy (non-hydrogen) atoms. The Bertz CT molecular complexity index is 1050. The average Bonchev–Trinajstić information content (AvgIpc) is 3.43. The van der Waals surface area contributed by atoms with E-state index in [1.807, 2.05) is 11.6 Å². The van der Waals surface area contributed by atoms with E-state index in [-0.39, 0.29) is 37.0 Å². The normalized spacial score (nSPS) is 24.8. The smallest absolute Gasteiger partial charge is 0.414 e. The van der Waals surface area contributed by atoms with Crippen molar-refractivity contribution < 1.29 is 27.5 Å². The van der Waals surface area contributed by atoms with Crippen LogP contribution in [0, 0.1) is 17.5 Å². The summed E-state index contributed by atoms with van der Waals surface area (Å²) in [4.78, 5) is 28.4. The third kappa shape index (κ3) is 3.10. The molecule has 0 spiro atoms. The van der Waals surface area contributed by atoms with Gasteiger partial charge in [-0.05, 0) is 26.2 Å². The van der Waals surface area contributed by atoms with Crippen molar-refractivity contribution >= 4 is 23.5 Å². The van der Waals surface area contributed by atoms with Crippen LogP contribution in [0.15, 0.2) is 18.3 Å². The number of amides is 3. The van der Waals surface area contributed by atoms with Gasteiger partial charge in [0.2, 0.25) is 0 Å². The van der Waals surface area contributed by atoms with Gasteiger partial charge in [0.05, 0.1) is 42.2 Å². The Hall–Kier alpha value is -3.24. The number of benzene rings is 1. The third-order valence-corrected chi connectivity index (χ3v) is 6.20. The van der Waals surface area contributed by atoms with Crippen LogP contribution in [0.4, 0.5) is 34.1 Å². The number of cyclic esters (lactones) is 1. The lowest BCUT2D eigenvalue weighted by molar-refractivity contribution is 0.139. The number of carbonyl (C=O) groups excluding carboxylic acids is 2. The van der Waals surface area contributed by atoms with Crippen LogP contribution in [0.5, 0.6) is 0 Å². The van der Waals surface area contributed by atoms with Gasteiger partial charge in [-0.15, -0.1) is 0 Å². The highest BCUT2D eigenvalue weighted by Crippen LogP contribution is 2.42. The van der Waals surface area contributed by atoms with Crippen LogP contribution in [0.2, 0.25) is 0 Å². The highest BCUT2D eigenvalue weighted by atomic mass is 19.2. The summed E-state index contributed by atoms with van der Waals surface area (Å²) in [6.07, 6.45) is 3.59. The zero-order chi connectivity index (χ0) is 21.9. The van der Waals surface area contributed by atoms with Gasteiger partial charge in [-0.1, -0.05) is 0 Å². The number of urea groups is 1. The fourth-order valence-corrected chi connectivity index (χ4v) is 4.76. The fraction of sp³-hybridized carbons (Fsp3) is 0.450. The summed E-state index contributed by atoms with van der Waals surface area (Å²) in [6.45, 7) is 2.28. The molecule has 1 N–H and O–H groups in total. The molecule has 1 saturated heterocycles. The summed E-state index contributed by atoms with van der Waals surface area (Å²) in [7, 11) is 0. The predicted molar refractivity (Wildman–Crippen MR) is 103 cm³/mol.